The Morgan fingerprint density at radius 3 is 1.76 bits per heavy atom. The lowest BCUT2D eigenvalue weighted by Gasteiger charge is -2.45. The van der Waals surface area contributed by atoms with Crippen molar-refractivity contribution in [3.8, 4) is 0 Å². The van der Waals surface area contributed by atoms with Gasteiger partial charge in [0.25, 0.3) is 0 Å². The van der Waals surface area contributed by atoms with Crippen LogP contribution in [0.2, 0.25) is 0 Å². The standard InChI is InChI=1S/C13H24O8/c1-4-8(15)10(17)12(6(3)19-4)21-13-11(18)9(16)7(14)5(2)20-13/h4-18H,1-3H3/t4-,5?,6?,7?,8?,9+,10-,11?,12?,13-/m1/s1. The largest absolute Gasteiger partial charge is 0.388 e. The quantitative estimate of drug-likeness (QED) is 0.386. The maximum absolute atomic E-state index is 10.1. The van der Waals surface area contributed by atoms with Crippen molar-refractivity contribution >= 4 is 0 Å². The molecule has 2 fully saturated rings. The molecule has 0 bridgehead atoms. The summed E-state index contributed by atoms with van der Waals surface area (Å²) in [5.74, 6) is 0. The zero-order valence-corrected chi connectivity index (χ0v) is 12.2. The second kappa shape index (κ2) is 6.43. The zero-order chi connectivity index (χ0) is 15.9. The van der Waals surface area contributed by atoms with Gasteiger partial charge in [0.1, 0.15) is 36.6 Å². The summed E-state index contributed by atoms with van der Waals surface area (Å²) in [5.41, 5.74) is 0. The van der Waals surface area contributed by atoms with Crippen LogP contribution in [-0.4, -0.2) is 86.8 Å². The van der Waals surface area contributed by atoms with Crippen LogP contribution >= 0.6 is 0 Å². The van der Waals surface area contributed by atoms with E-state index in [2.05, 4.69) is 0 Å². The lowest BCUT2D eigenvalue weighted by Crippen LogP contribution is -2.62. The fourth-order valence-electron chi connectivity index (χ4n) is 2.72. The van der Waals surface area contributed by atoms with E-state index in [1.807, 2.05) is 0 Å². The highest BCUT2D eigenvalue weighted by atomic mass is 16.7. The summed E-state index contributed by atoms with van der Waals surface area (Å²) in [6.45, 7) is 4.83. The molecule has 8 heteroatoms. The fraction of sp³-hybridized carbons (Fsp3) is 1.00. The molecule has 0 aliphatic carbocycles. The van der Waals surface area contributed by atoms with Crippen molar-refractivity contribution in [2.24, 2.45) is 0 Å². The Labute approximate surface area is 122 Å². The molecule has 21 heavy (non-hydrogen) atoms. The molecule has 2 heterocycles. The first-order chi connectivity index (χ1) is 9.73. The molecule has 0 saturated carbocycles. The third kappa shape index (κ3) is 3.22. The van der Waals surface area contributed by atoms with Crippen molar-refractivity contribution in [2.45, 2.75) is 82.0 Å². The molecule has 0 aromatic rings. The first kappa shape index (κ1) is 17.0. The lowest BCUT2D eigenvalue weighted by molar-refractivity contribution is -0.333. The highest BCUT2D eigenvalue weighted by Crippen LogP contribution is 2.28. The van der Waals surface area contributed by atoms with Gasteiger partial charge in [-0.3, -0.25) is 0 Å². The van der Waals surface area contributed by atoms with E-state index in [1.165, 1.54) is 6.92 Å². The Morgan fingerprint density at radius 2 is 1.14 bits per heavy atom. The fourth-order valence-corrected chi connectivity index (χ4v) is 2.72. The minimum absolute atomic E-state index is 0.534. The third-order valence-electron chi connectivity index (χ3n) is 4.16. The summed E-state index contributed by atoms with van der Waals surface area (Å²) in [6, 6.07) is 0. The van der Waals surface area contributed by atoms with Crippen LogP contribution in [0.15, 0.2) is 0 Å². The monoisotopic (exact) mass is 308 g/mol. The van der Waals surface area contributed by atoms with Gasteiger partial charge in [-0.05, 0) is 20.8 Å². The number of aliphatic hydroxyl groups excluding tert-OH is 5. The van der Waals surface area contributed by atoms with E-state index in [0.717, 1.165) is 0 Å². The summed E-state index contributed by atoms with van der Waals surface area (Å²) < 4.78 is 16.3. The topological polar surface area (TPSA) is 129 Å². The van der Waals surface area contributed by atoms with E-state index >= 15 is 0 Å². The molecule has 2 aliphatic heterocycles. The molecule has 2 saturated heterocycles. The molecule has 5 N–H and O–H groups in total. The maximum atomic E-state index is 10.1. The minimum Gasteiger partial charge on any atom is -0.388 e. The average molecular weight is 308 g/mol. The summed E-state index contributed by atoms with van der Waals surface area (Å²) in [4.78, 5) is 0. The predicted molar refractivity (Wildman–Crippen MR) is 69.3 cm³/mol. The van der Waals surface area contributed by atoms with Gasteiger partial charge in [-0.25, -0.2) is 0 Å². The Hall–Kier alpha value is -0.320. The van der Waals surface area contributed by atoms with Gasteiger partial charge < -0.3 is 39.7 Å². The Kier molecular flexibility index (Phi) is 5.22. The van der Waals surface area contributed by atoms with Crippen LogP contribution < -0.4 is 0 Å². The van der Waals surface area contributed by atoms with Gasteiger partial charge in [0, 0.05) is 0 Å². The van der Waals surface area contributed by atoms with E-state index < -0.39 is 61.2 Å². The van der Waals surface area contributed by atoms with Gasteiger partial charge in [-0.2, -0.15) is 0 Å². The van der Waals surface area contributed by atoms with Crippen LogP contribution in [0.5, 0.6) is 0 Å². The second-order valence-corrected chi connectivity index (χ2v) is 5.81. The van der Waals surface area contributed by atoms with Crippen molar-refractivity contribution in [1.82, 2.24) is 0 Å². The summed E-state index contributed by atoms with van der Waals surface area (Å²) >= 11 is 0. The number of ether oxygens (including phenoxy) is 3. The minimum atomic E-state index is -1.47. The molecule has 0 amide bonds. The van der Waals surface area contributed by atoms with E-state index in [0.29, 0.717) is 0 Å². The van der Waals surface area contributed by atoms with Gasteiger partial charge in [0.05, 0.1) is 18.3 Å². The molecule has 0 aromatic carbocycles. The Balaban J connectivity index is 2.06. The van der Waals surface area contributed by atoms with Crippen molar-refractivity contribution in [1.29, 1.82) is 0 Å². The molecule has 124 valence electrons. The smallest absolute Gasteiger partial charge is 0.187 e. The number of rotatable bonds is 2. The summed E-state index contributed by atoms with van der Waals surface area (Å²) in [7, 11) is 0. The zero-order valence-electron chi connectivity index (χ0n) is 12.2. The number of hydrogen-bond acceptors (Lipinski definition) is 8. The molecule has 0 aromatic heterocycles. The van der Waals surface area contributed by atoms with Crippen LogP contribution in [-0.2, 0) is 14.2 Å². The van der Waals surface area contributed by atoms with E-state index in [4.69, 9.17) is 14.2 Å². The number of aliphatic hydroxyl groups is 5. The van der Waals surface area contributed by atoms with Crippen LogP contribution in [0.4, 0.5) is 0 Å². The van der Waals surface area contributed by atoms with E-state index in [-0.39, 0.29) is 0 Å². The van der Waals surface area contributed by atoms with Crippen molar-refractivity contribution in [3.63, 3.8) is 0 Å². The normalized spacial score (nSPS) is 55.4. The first-order valence-corrected chi connectivity index (χ1v) is 7.10. The third-order valence-corrected chi connectivity index (χ3v) is 4.16. The molecule has 2 rings (SSSR count). The maximum Gasteiger partial charge on any atom is 0.187 e. The van der Waals surface area contributed by atoms with Gasteiger partial charge in [-0.1, -0.05) is 0 Å². The second-order valence-electron chi connectivity index (χ2n) is 5.81. The van der Waals surface area contributed by atoms with E-state index in [9.17, 15) is 25.5 Å². The summed E-state index contributed by atoms with van der Waals surface area (Å²) in [5, 5.41) is 49.2. The molecule has 6 unspecified atom stereocenters. The molecule has 2 aliphatic rings. The molecule has 8 nitrogen and oxygen atoms in total. The van der Waals surface area contributed by atoms with Crippen molar-refractivity contribution in [3.05, 3.63) is 0 Å². The van der Waals surface area contributed by atoms with Gasteiger partial charge >= 0.3 is 0 Å². The van der Waals surface area contributed by atoms with Crippen LogP contribution in [0.3, 0.4) is 0 Å². The van der Waals surface area contributed by atoms with E-state index in [1.54, 1.807) is 13.8 Å². The van der Waals surface area contributed by atoms with Crippen molar-refractivity contribution in [2.75, 3.05) is 0 Å². The number of hydrogen-bond donors (Lipinski definition) is 5. The van der Waals surface area contributed by atoms with Crippen molar-refractivity contribution < 1.29 is 39.7 Å². The molecule has 0 radical (unpaired) electrons. The molecule has 0 spiro atoms. The molecule has 10 atom stereocenters. The molecular weight excluding hydrogens is 284 g/mol. The highest BCUT2D eigenvalue weighted by Gasteiger charge is 2.47. The van der Waals surface area contributed by atoms with Crippen LogP contribution in [0.25, 0.3) is 0 Å². The predicted octanol–water partition coefficient (Wildman–Crippen LogP) is -2.27. The van der Waals surface area contributed by atoms with Gasteiger partial charge in [0.15, 0.2) is 6.29 Å². The van der Waals surface area contributed by atoms with Gasteiger partial charge in [0.2, 0.25) is 0 Å². The highest BCUT2D eigenvalue weighted by molar-refractivity contribution is 4.93. The summed E-state index contributed by atoms with van der Waals surface area (Å²) in [6.07, 6.45) is -10.4. The SMILES string of the molecule is CC1O[C@H](OC2C(C)O[C@H](C)C(O)[C@H]2O)C(O)[C@@H](O)C1O. The Morgan fingerprint density at radius 1 is 0.619 bits per heavy atom. The van der Waals surface area contributed by atoms with Crippen LogP contribution in [0.1, 0.15) is 20.8 Å². The van der Waals surface area contributed by atoms with Crippen LogP contribution in [0, 0.1) is 0 Å². The Bertz CT molecular complexity index is 353. The average Bonchev–Trinajstić information content (AvgIpc) is 2.44. The molecular formula is C13H24O8. The lowest BCUT2D eigenvalue weighted by atomic mass is 9.95. The first-order valence-electron chi connectivity index (χ1n) is 7.10. The van der Waals surface area contributed by atoms with Gasteiger partial charge in [-0.15, -0.1) is 0 Å².